The molecule has 0 spiro atoms. The summed E-state index contributed by atoms with van der Waals surface area (Å²) in [6, 6.07) is 0. The van der Waals surface area contributed by atoms with Crippen LogP contribution in [-0.2, 0) is 9.53 Å². The lowest BCUT2D eigenvalue weighted by Crippen LogP contribution is -2.41. The van der Waals surface area contributed by atoms with Crippen LogP contribution in [0.2, 0.25) is 0 Å². The van der Waals surface area contributed by atoms with Crippen molar-refractivity contribution in [1.29, 1.82) is 0 Å². The molecule has 0 aromatic rings. The molecule has 0 bridgehead atoms. The van der Waals surface area contributed by atoms with E-state index in [9.17, 15) is 4.79 Å². The molecule has 20 heavy (non-hydrogen) atoms. The lowest BCUT2D eigenvalue weighted by Gasteiger charge is -2.36. The van der Waals surface area contributed by atoms with Crippen molar-refractivity contribution in [2.45, 2.75) is 51.9 Å². The number of methoxy groups -OCH3 is 1. The highest BCUT2D eigenvalue weighted by molar-refractivity contribution is 5.81. The van der Waals surface area contributed by atoms with E-state index >= 15 is 0 Å². The molecule has 2 aliphatic rings. The Hall–Kier alpha value is -0.410. The standard InChI is InChI=1S/C17H31NO2/c1-3-4-14-5-6-17(19)16(11-14)12-18-9-7-15(8-10-18)13-20-2/h14-16H,3-13H2,1-2H3. The summed E-state index contributed by atoms with van der Waals surface area (Å²) in [4.78, 5) is 14.7. The van der Waals surface area contributed by atoms with E-state index < -0.39 is 0 Å². The fourth-order valence-corrected chi connectivity index (χ4v) is 3.93. The number of rotatable bonds is 6. The van der Waals surface area contributed by atoms with Crippen LogP contribution in [0.4, 0.5) is 0 Å². The molecule has 1 aliphatic heterocycles. The number of likely N-dealkylation sites (tertiary alicyclic amines) is 1. The van der Waals surface area contributed by atoms with Gasteiger partial charge in [-0.05, 0) is 50.6 Å². The molecule has 0 amide bonds. The van der Waals surface area contributed by atoms with Gasteiger partial charge in [-0.25, -0.2) is 0 Å². The summed E-state index contributed by atoms with van der Waals surface area (Å²) < 4.78 is 5.25. The summed E-state index contributed by atoms with van der Waals surface area (Å²) in [5, 5.41) is 0. The molecule has 2 atom stereocenters. The molecule has 1 aliphatic carbocycles. The molecular formula is C17H31NO2. The Morgan fingerprint density at radius 2 is 1.95 bits per heavy atom. The Labute approximate surface area is 124 Å². The number of ketones is 1. The highest BCUT2D eigenvalue weighted by Crippen LogP contribution is 2.31. The fourth-order valence-electron chi connectivity index (χ4n) is 3.93. The van der Waals surface area contributed by atoms with Gasteiger partial charge in [0.1, 0.15) is 5.78 Å². The molecule has 1 saturated heterocycles. The number of ether oxygens (including phenoxy) is 1. The number of hydrogen-bond donors (Lipinski definition) is 0. The molecule has 2 unspecified atom stereocenters. The summed E-state index contributed by atoms with van der Waals surface area (Å²) in [6.07, 6.45) is 8.13. The van der Waals surface area contributed by atoms with Crippen LogP contribution < -0.4 is 0 Å². The Morgan fingerprint density at radius 3 is 2.60 bits per heavy atom. The minimum Gasteiger partial charge on any atom is -0.384 e. The van der Waals surface area contributed by atoms with Gasteiger partial charge in [0.25, 0.3) is 0 Å². The van der Waals surface area contributed by atoms with Gasteiger partial charge in [-0.1, -0.05) is 19.8 Å². The van der Waals surface area contributed by atoms with Gasteiger partial charge in [-0.3, -0.25) is 4.79 Å². The van der Waals surface area contributed by atoms with Crippen LogP contribution in [0.3, 0.4) is 0 Å². The monoisotopic (exact) mass is 281 g/mol. The SMILES string of the molecule is CCCC1CCC(=O)C(CN2CCC(COC)CC2)C1. The minimum atomic E-state index is 0.319. The van der Waals surface area contributed by atoms with Crippen LogP contribution in [0.15, 0.2) is 0 Å². The highest BCUT2D eigenvalue weighted by atomic mass is 16.5. The van der Waals surface area contributed by atoms with E-state index in [-0.39, 0.29) is 0 Å². The van der Waals surface area contributed by atoms with Crippen LogP contribution in [-0.4, -0.2) is 44.0 Å². The summed E-state index contributed by atoms with van der Waals surface area (Å²) >= 11 is 0. The number of piperidine rings is 1. The molecule has 1 saturated carbocycles. The first-order valence-corrected chi connectivity index (χ1v) is 8.47. The van der Waals surface area contributed by atoms with Gasteiger partial charge in [0, 0.05) is 32.6 Å². The number of nitrogens with zero attached hydrogens (tertiary/aromatic N) is 1. The predicted molar refractivity (Wildman–Crippen MR) is 81.8 cm³/mol. The first kappa shape index (κ1) is 16.0. The van der Waals surface area contributed by atoms with Gasteiger partial charge < -0.3 is 9.64 Å². The molecule has 0 aromatic carbocycles. The van der Waals surface area contributed by atoms with Crippen molar-refractivity contribution in [3.05, 3.63) is 0 Å². The molecule has 3 heteroatoms. The van der Waals surface area contributed by atoms with E-state index in [1.807, 2.05) is 0 Å². The zero-order chi connectivity index (χ0) is 14.4. The summed E-state index contributed by atoms with van der Waals surface area (Å²) in [7, 11) is 1.79. The van der Waals surface area contributed by atoms with Gasteiger partial charge in [-0.15, -0.1) is 0 Å². The molecule has 2 fully saturated rings. The second kappa shape index (κ2) is 8.14. The molecule has 0 radical (unpaired) electrons. The number of Topliss-reactive ketones (excluding diaryl/α,β-unsaturated/α-hetero) is 1. The van der Waals surface area contributed by atoms with E-state index in [1.165, 1.54) is 25.7 Å². The molecule has 116 valence electrons. The Balaban J connectivity index is 1.76. The zero-order valence-electron chi connectivity index (χ0n) is 13.3. The predicted octanol–water partition coefficient (Wildman–Crippen LogP) is 3.13. The van der Waals surface area contributed by atoms with Gasteiger partial charge in [0.2, 0.25) is 0 Å². The first-order valence-electron chi connectivity index (χ1n) is 8.47. The van der Waals surface area contributed by atoms with Crippen molar-refractivity contribution in [2.24, 2.45) is 17.8 Å². The smallest absolute Gasteiger partial charge is 0.137 e. The van der Waals surface area contributed by atoms with Gasteiger partial charge >= 0.3 is 0 Å². The van der Waals surface area contributed by atoms with Crippen LogP contribution in [0.25, 0.3) is 0 Å². The maximum absolute atomic E-state index is 12.1. The van der Waals surface area contributed by atoms with Crippen molar-refractivity contribution < 1.29 is 9.53 Å². The summed E-state index contributed by atoms with van der Waals surface area (Å²) in [5.41, 5.74) is 0. The van der Waals surface area contributed by atoms with Crippen molar-refractivity contribution in [2.75, 3.05) is 33.4 Å². The van der Waals surface area contributed by atoms with Crippen LogP contribution in [0.1, 0.15) is 51.9 Å². The van der Waals surface area contributed by atoms with Gasteiger partial charge in [0.15, 0.2) is 0 Å². The Bertz CT molecular complexity index is 297. The third kappa shape index (κ3) is 4.56. The van der Waals surface area contributed by atoms with Gasteiger partial charge in [0.05, 0.1) is 0 Å². The van der Waals surface area contributed by atoms with Crippen molar-refractivity contribution >= 4 is 5.78 Å². The van der Waals surface area contributed by atoms with Crippen LogP contribution in [0, 0.1) is 17.8 Å². The normalized spacial score (nSPS) is 29.8. The lowest BCUT2D eigenvalue weighted by atomic mass is 9.78. The lowest BCUT2D eigenvalue weighted by molar-refractivity contribution is -0.126. The van der Waals surface area contributed by atoms with E-state index in [0.717, 1.165) is 57.3 Å². The molecule has 1 heterocycles. The summed E-state index contributed by atoms with van der Waals surface area (Å²) in [6.45, 7) is 6.46. The van der Waals surface area contributed by atoms with E-state index in [1.54, 1.807) is 7.11 Å². The molecule has 0 N–H and O–H groups in total. The quantitative estimate of drug-likeness (QED) is 0.749. The average molecular weight is 281 g/mol. The maximum Gasteiger partial charge on any atom is 0.137 e. The molecule has 2 rings (SSSR count). The third-order valence-corrected chi connectivity index (χ3v) is 5.16. The number of carbonyl (C=O) groups is 1. The number of carbonyl (C=O) groups excluding carboxylic acids is 1. The topological polar surface area (TPSA) is 29.5 Å². The molecule has 0 aromatic heterocycles. The second-order valence-electron chi connectivity index (χ2n) is 6.79. The van der Waals surface area contributed by atoms with Crippen LogP contribution in [0.5, 0.6) is 0 Å². The van der Waals surface area contributed by atoms with E-state index in [2.05, 4.69) is 11.8 Å². The largest absolute Gasteiger partial charge is 0.384 e. The first-order chi connectivity index (χ1) is 9.72. The Morgan fingerprint density at radius 1 is 1.20 bits per heavy atom. The maximum atomic E-state index is 12.1. The highest BCUT2D eigenvalue weighted by Gasteiger charge is 2.30. The molecule has 3 nitrogen and oxygen atoms in total. The van der Waals surface area contributed by atoms with Crippen molar-refractivity contribution in [3.8, 4) is 0 Å². The van der Waals surface area contributed by atoms with E-state index in [4.69, 9.17) is 4.74 Å². The average Bonchev–Trinajstić information content (AvgIpc) is 2.45. The fraction of sp³-hybridized carbons (Fsp3) is 0.941. The van der Waals surface area contributed by atoms with Crippen molar-refractivity contribution in [3.63, 3.8) is 0 Å². The van der Waals surface area contributed by atoms with E-state index in [0.29, 0.717) is 11.7 Å². The Kier molecular flexibility index (Phi) is 6.50. The third-order valence-electron chi connectivity index (χ3n) is 5.16. The van der Waals surface area contributed by atoms with Crippen molar-refractivity contribution in [1.82, 2.24) is 4.90 Å². The molecular weight excluding hydrogens is 250 g/mol. The second-order valence-corrected chi connectivity index (χ2v) is 6.79. The minimum absolute atomic E-state index is 0.319. The van der Waals surface area contributed by atoms with Gasteiger partial charge in [-0.2, -0.15) is 0 Å². The number of hydrogen-bond acceptors (Lipinski definition) is 3. The summed E-state index contributed by atoms with van der Waals surface area (Å²) in [5.74, 6) is 2.37. The zero-order valence-corrected chi connectivity index (χ0v) is 13.3. The van der Waals surface area contributed by atoms with Crippen LogP contribution >= 0.6 is 0 Å².